The van der Waals surface area contributed by atoms with Crippen molar-refractivity contribution in [1.29, 1.82) is 0 Å². The predicted octanol–water partition coefficient (Wildman–Crippen LogP) is 2.80. The molecule has 0 bridgehead atoms. The number of carbonyl (C=O) groups excluding carboxylic acids is 1. The Morgan fingerprint density at radius 3 is 2.82 bits per heavy atom. The van der Waals surface area contributed by atoms with Gasteiger partial charge in [0.25, 0.3) is 5.69 Å². The van der Waals surface area contributed by atoms with Crippen LogP contribution in [0.2, 0.25) is 0 Å². The van der Waals surface area contributed by atoms with Crippen molar-refractivity contribution >= 4 is 22.5 Å². The van der Waals surface area contributed by atoms with E-state index >= 15 is 0 Å². The first-order chi connectivity index (χ1) is 13.5. The summed E-state index contributed by atoms with van der Waals surface area (Å²) in [6.07, 6.45) is 1.43. The maximum absolute atomic E-state index is 11.8. The molecule has 9 heteroatoms. The van der Waals surface area contributed by atoms with Crippen LogP contribution in [0.3, 0.4) is 0 Å². The Morgan fingerprint density at radius 1 is 1.29 bits per heavy atom. The number of aromatic hydroxyl groups is 1. The third-order valence-corrected chi connectivity index (χ3v) is 4.46. The number of ether oxygens (including phenoxy) is 2. The molecule has 1 aliphatic heterocycles. The third-order valence-electron chi connectivity index (χ3n) is 4.46. The van der Waals surface area contributed by atoms with Gasteiger partial charge in [-0.15, -0.1) is 0 Å². The Morgan fingerprint density at radius 2 is 2.07 bits per heavy atom. The maximum atomic E-state index is 11.8. The SMILES string of the molecule is CC(=O)NC(c1ccc2c(c1)OCO2)c1cc([N+](=O)[O-])c2cccnc2c1O. The second-order valence-corrected chi connectivity index (χ2v) is 6.24. The van der Waals surface area contributed by atoms with Gasteiger partial charge in [0.15, 0.2) is 11.5 Å². The van der Waals surface area contributed by atoms with Crippen molar-refractivity contribution in [3.63, 3.8) is 0 Å². The number of phenolic OH excluding ortho intramolecular Hbond substituents is 1. The van der Waals surface area contributed by atoms with Crippen molar-refractivity contribution in [2.45, 2.75) is 13.0 Å². The smallest absolute Gasteiger partial charge is 0.279 e. The van der Waals surface area contributed by atoms with E-state index in [0.29, 0.717) is 17.1 Å². The molecule has 2 heterocycles. The summed E-state index contributed by atoms with van der Waals surface area (Å²) < 4.78 is 10.7. The summed E-state index contributed by atoms with van der Waals surface area (Å²) in [5, 5.41) is 25.3. The summed E-state index contributed by atoms with van der Waals surface area (Å²) in [4.78, 5) is 27.0. The molecule has 2 aromatic carbocycles. The largest absolute Gasteiger partial charge is 0.505 e. The molecule has 1 unspecified atom stereocenters. The Hall–Kier alpha value is -3.88. The second-order valence-electron chi connectivity index (χ2n) is 6.24. The molecule has 1 aromatic heterocycles. The van der Waals surface area contributed by atoms with Gasteiger partial charge in [0.1, 0.15) is 11.3 Å². The van der Waals surface area contributed by atoms with E-state index in [2.05, 4.69) is 10.3 Å². The molecular weight excluding hydrogens is 366 g/mol. The van der Waals surface area contributed by atoms with Gasteiger partial charge >= 0.3 is 0 Å². The standard InChI is InChI=1S/C19H15N3O6/c1-10(23)21-17(11-4-5-15-16(7-11)28-9-27-15)13-8-14(22(25)26)12-3-2-6-20-18(12)19(13)24/h2-8,17,24H,9H2,1H3,(H,21,23). The van der Waals surface area contributed by atoms with Gasteiger partial charge < -0.3 is 19.9 Å². The van der Waals surface area contributed by atoms with Gasteiger partial charge in [-0.2, -0.15) is 0 Å². The van der Waals surface area contributed by atoms with E-state index in [0.717, 1.165) is 0 Å². The van der Waals surface area contributed by atoms with E-state index in [-0.39, 0.29) is 40.6 Å². The van der Waals surface area contributed by atoms with Crippen molar-refractivity contribution in [2.75, 3.05) is 6.79 Å². The molecule has 0 spiro atoms. The number of nitro groups is 1. The number of rotatable bonds is 4. The van der Waals surface area contributed by atoms with Gasteiger partial charge in [0.2, 0.25) is 12.7 Å². The fraction of sp³-hybridized carbons (Fsp3) is 0.158. The van der Waals surface area contributed by atoms with Crippen LogP contribution in [0.5, 0.6) is 17.2 Å². The number of nitrogens with zero attached hydrogens (tertiary/aromatic N) is 2. The first-order valence-electron chi connectivity index (χ1n) is 8.37. The predicted molar refractivity (Wildman–Crippen MR) is 98.3 cm³/mol. The molecule has 2 N–H and O–H groups in total. The second kappa shape index (κ2) is 6.69. The molecule has 1 atom stereocenters. The number of carbonyl (C=O) groups is 1. The number of hydrogen-bond acceptors (Lipinski definition) is 7. The number of fused-ring (bicyclic) bond motifs is 2. The average Bonchev–Trinajstić information content (AvgIpc) is 3.14. The van der Waals surface area contributed by atoms with E-state index in [1.54, 1.807) is 24.3 Å². The molecular formula is C19H15N3O6. The highest BCUT2D eigenvalue weighted by atomic mass is 16.7. The van der Waals surface area contributed by atoms with Crippen LogP contribution in [0, 0.1) is 10.1 Å². The van der Waals surface area contributed by atoms with Gasteiger partial charge in [-0.1, -0.05) is 6.07 Å². The Labute approximate surface area is 158 Å². The number of nitrogens with one attached hydrogen (secondary N) is 1. The Kier molecular flexibility index (Phi) is 4.19. The first-order valence-corrected chi connectivity index (χ1v) is 8.37. The number of pyridine rings is 1. The van der Waals surface area contributed by atoms with Crippen LogP contribution in [-0.4, -0.2) is 27.7 Å². The van der Waals surface area contributed by atoms with Crippen molar-refractivity contribution in [1.82, 2.24) is 10.3 Å². The zero-order valence-corrected chi connectivity index (χ0v) is 14.7. The molecule has 4 rings (SSSR count). The van der Waals surface area contributed by atoms with E-state index in [9.17, 15) is 20.0 Å². The zero-order valence-electron chi connectivity index (χ0n) is 14.7. The van der Waals surface area contributed by atoms with Crippen LogP contribution in [0.4, 0.5) is 5.69 Å². The number of hydrogen-bond donors (Lipinski definition) is 2. The molecule has 28 heavy (non-hydrogen) atoms. The van der Waals surface area contributed by atoms with E-state index in [1.807, 2.05) is 0 Å². The lowest BCUT2D eigenvalue weighted by Gasteiger charge is -2.21. The van der Waals surface area contributed by atoms with Gasteiger partial charge in [0, 0.05) is 24.8 Å². The average molecular weight is 381 g/mol. The van der Waals surface area contributed by atoms with Crippen molar-refractivity contribution in [3.8, 4) is 17.2 Å². The fourth-order valence-corrected chi connectivity index (χ4v) is 3.24. The van der Waals surface area contributed by atoms with Crippen LogP contribution >= 0.6 is 0 Å². The van der Waals surface area contributed by atoms with Crippen molar-refractivity contribution in [2.24, 2.45) is 0 Å². The van der Waals surface area contributed by atoms with Crippen molar-refractivity contribution in [3.05, 3.63) is 63.8 Å². The van der Waals surface area contributed by atoms with E-state index < -0.39 is 11.0 Å². The van der Waals surface area contributed by atoms with Gasteiger partial charge in [-0.3, -0.25) is 19.9 Å². The molecule has 1 amide bonds. The maximum Gasteiger partial charge on any atom is 0.279 e. The number of aromatic nitrogens is 1. The Bertz CT molecular complexity index is 1110. The lowest BCUT2D eigenvalue weighted by atomic mass is 9.95. The van der Waals surface area contributed by atoms with E-state index in [1.165, 1.54) is 25.3 Å². The quantitative estimate of drug-likeness (QED) is 0.526. The zero-order chi connectivity index (χ0) is 19.8. The first kappa shape index (κ1) is 17.5. The molecule has 0 saturated carbocycles. The lowest BCUT2D eigenvalue weighted by molar-refractivity contribution is -0.383. The molecule has 0 aliphatic carbocycles. The monoisotopic (exact) mass is 381 g/mol. The third kappa shape index (κ3) is 2.92. The van der Waals surface area contributed by atoms with Crippen LogP contribution in [0.25, 0.3) is 10.9 Å². The number of non-ortho nitro benzene ring substituents is 1. The molecule has 0 saturated heterocycles. The normalized spacial score (nSPS) is 13.3. The molecule has 9 nitrogen and oxygen atoms in total. The summed E-state index contributed by atoms with van der Waals surface area (Å²) in [6.45, 7) is 1.41. The molecule has 1 aliphatic rings. The van der Waals surface area contributed by atoms with Gasteiger partial charge in [-0.25, -0.2) is 0 Å². The van der Waals surface area contributed by atoms with Crippen LogP contribution in [0.15, 0.2) is 42.6 Å². The minimum absolute atomic E-state index is 0.0835. The minimum atomic E-state index is -0.850. The van der Waals surface area contributed by atoms with Crippen LogP contribution in [-0.2, 0) is 4.79 Å². The summed E-state index contributed by atoms with van der Waals surface area (Å²) in [7, 11) is 0. The molecule has 3 aromatic rings. The summed E-state index contributed by atoms with van der Waals surface area (Å²) >= 11 is 0. The minimum Gasteiger partial charge on any atom is -0.505 e. The summed E-state index contributed by atoms with van der Waals surface area (Å²) in [5.74, 6) is 0.435. The molecule has 0 radical (unpaired) electrons. The summed E-state index contributed by atoms with van der Waals surface area (Å²) in [5.41, 5.74) is 0.598. The van der Waals surface area contributed by atoms with Crippen molar-refractivity contribution < 1.29 is 24.3 Å². The number of amides is 1. The highest BCUT2D eigenvalue weighted by molar-refractivity contribution is 5.93. The summed E-state index contributed by atoms with van der Waals surface area (Å²) in [6, 6.07) is 8.51. The topological polar surface area (TPSA) is 124 Å². The number of nitro benzene ring substituents is 1. The van der Waals surface area contributed by atoms with E-state index in [4.69, 9.17) is 9.47 Å². The Balaban J connectivity index is 1.94. The van der Waals surface area contributed by atoms with Crippen LogP contribution in [0.1, 0.15) is 24.1 Å². The number of benzene rings is 2. The van der Waals surface area contributed by atoms with Gasteiger partial charge in [0.05, 0.1) is 16.4 Å². The molecule has 0 fully saturated rings. The number of phenols is 1. The lowest BCUT2D eigenvalue weighted by Crippen LogP contribution is -2.27. The fourth-order valence-electron chi connectivity index (χ4n) is 3.24. The highest BCUT2D eigenvalue weighted by Crippen LogP contribution is 2.41. The van der Waals surface area contributed by atoms with Gasteiger partial charge in [-0.05, 0) is 29.8 Å². The highest BCUT2D eigenvalue weighted by Gasteiger charge is 2.27. The van der Waals surface area contributed by atoms with Crippen LogP contribution < -0.4 is 14.8 Å². The molecule has 142 valence electrons.